The maximum Gasteiger partial charge on any atom is 0.127 e. The topological polar surface area (TPSA) is 72.3 Å². The van der Waals surface area contributed by atoms with Crippen molar-refractivity contribution in [2.45, 2.75) is 25.4 Å². The van der Waals surface area contributed by atoms with Crippen molar-refractivity contribution in [3.63, 3.8) is 0 Å². The summed E-state index contributed by atoms with van der Waals surface area (Å²) in [4.78, 5) is 4.55. The average molecular weight is 301 g/mol. The fourth-order valence-electron chi connectivity index (χ4n) is 2.35. The number of benzene rings is 1. The zero-order valence-corrected chi connectivity index (χ0v) is 12.2. The quantitative estimate of drug-likeness (QED) is 0.694. The van der Waals surface area contributed by atoms with Crippen molar-refractivity contribution in [2.24, 2.45) is 0 Å². The first kappa shape index (κ1) is 13.6. The Hall–Kier alpha value is -2.39. The molecule has 2 aromatic heterocycles. The molecular formula is C14H13ClN6. The number of imidazole rings is 1. The van der Waals surface area contributed by atoms with Gasteiger partial charge in [0.25, 0.3) is 0 Å². The van der Waals surface area contributed by atoms with Gasteiger partial charge >= 0.3 is 0 Å². The van der Waals surface area contributed by atoms with Crippen molar-refractivity contribution in [3.8, 4) is 6.07 Å². The molecule has 6 nitrogen and oxygen atoms in total. The first-order chi connectivity index (χ1) is 10.2. The highest BCUT2D eigenvalue weighted by molar-refractivity contribution is 6.20. The Kier molecular flexibility index (Phi) is 3.59. The van der Waals surface area contributed by atoms with Gasteiger partial charge in [-0.3, -0.25) is 4.68 Å². The molecule has 0 spiro atoms. The van der Waals surface area contributed by atoms with Gasteiger partial charge in [-0.05, 0) is 19.1 Å². The van der Waals surface area contributed by atoms with E-state index in [1.807, 2.05) is 29.8 Å². The van der Waals surface area contributed by atoms with Crippen LogP contribution in [0.2, 0.25) is 0 Å². The number of para-hydroxylation sites is 1. The summed E-state index contributed by atoms with van der Waals surface area (Å²) in [5.74, 6) is 0.759. The van der Waals surface area contributed by atoms with Crippen LogP contribution in [0.5, 0.6) is 0 Å². The van der Waals surface area contributed by atoms with Crippen molar-refractivity contribution in [1.82, 2.24) is 24.5 Å². The number of rotatable bonds is 4. The van der Waals surface area contributed by atoms with E-state index in [9.17, 15) is 5.26 Å². The smallest absolute Gasteiger partial charge is 0.127 e. The third kappa shape index (κ3) is 2.48. The lowest BCUT2D eigenvalue weighted by atomic mass is 10.2. The summed E-state index contributed by atoms with van der Waals surface area (Å²) in [5, 5.41) is 16.7. The third-order valence-electron chi connectivity index (χ3n) is 3.31. The summed E-state index contributed by atoms with van der Waals surface area (Å²) in [5.41, 5.74) is 2.17. The van der Waals surface area contributed by atoms with Crippen molar-refractivity contribution in [3.05, 3.63) is 42.0 Å². The zero-order chi connectivity index (χ0) is 14.8. The van der Waals surface area contributed by atoms with Crippen LogP contribution in [0, 0.1) is 11.3 Å². The maximum absolute atomic E-state index is 9.20. The molecule has 21 heavy (non-hydrogen) atoms. The Bertz CT molecular complexity index is 797. The van der Waals surface area contributed by atoms with Crippen LogP contribution in [0.25, 0.3) is 11.0 Å². The number of hydrogen-bond donors (Lipinski definition) is 0. The molecule has 0 bridgehead atoms. The summed E-state index contributed by atoms with van der Waals surface area (Å²) in [7, 11) is 0. The fourth-order valence-corrected chi connectivity index (χ4v) is 2.51. The lowest BCUT2D eigenvalue weighted by molar-refractivity contribution is 0.515. The normalized spacial score (nSPS) is 12.4. The Balaban J connectivity index is 2.06. The second-order valence-electron chi connectivity index (χ2n) is 4.69. The van der Waals surface area contributed by atoms with Gasteiger partial charge in [0.2, 0.25) is 0 Å². The number of nitriles is 1. The lowest BCUT2D eigenvalue weighted by Gasteiger charge is -2.10. The summed E-state index contributed by atoms with van der Waals surface area (Å²) >= 11 is 6.23. The van der Waals surface area contributed by atoms with Gasteiger partial charge in [-0.15, -0.1) is 16.7 Å². The van der Waals surface area contributed by atoms with Gasteiger partial charge in [0.1, 0.15) is 17.4 Å². The van der Waals surface area contributed by atoms with E-state index in [2.05, 4.69) is 21.4 Å². The molecule has 0 aliphatic rings. The second-order valence-corrected chi connectivity index (χ2v) is 5.34. The van der Waals surface area contributed by atoms with Gasteiger partial charge in [-0.25, -0.2) is 4.98 Å². The molecule has 0 radical (unpaired) electrons. The van der Waals surface area contributed by atoms with E-state index in [-0.39, 0.29) is 5.38 Å². The molecule has 0 aliphatic carbocycles. The molecule has 1 aromatic carbocycles. The molecule has 0 saturated heterocycles. The monoisotopic (exact) mass is 300 g/mol. The molecule has 7 heteroatoms. The molecule has 1 atom stereocenters. The minimum Gasteiger partial charge on any atom is -0.325 e. The minimum atomic E-state index is -0.236. The van der Waals surface area contributed by atoms with E-state index < -0.39 is 0 Å². The molecular weight excluding hydrogens is 288 g/mol. The van der Waals surface area contributed by atoms with Crippen LogP contribution in [0.1, 0.15) is 23.7 Å². The number of nitrogens with zero attached hydrogens (tertiary/aromatic N) is 6. The maximum atomic E-state index is 9.20. The van der Waals surface area contributed by atoms with E-state index in [0.717, 1.165) is 11.3 Å². The van der Waals surface area contributed by atoms with Crippen LogP contribution in [0.3, 0.4) is 0 Å². The van der Waals surface area contributed by atoms with Crippen LogP contribution in [0.4, 0.5) is 0 Å². The standard InChI is InChI=1S/C14H13ClN6/c1-10(15)14-18-13-11(9-16)3-2-4-12(13)21(14)8-7-20-6-5-17-19-20/h2-6,10H,7-8H2,1H3. The predicted octanol–water partition coefficient (Wildman–Crippen LogP) is 2.50. The Morgan fingerprint density at radius 2 is 2.24 bits per heavy atom. The van der Waals surface area contributed by atoms with E-state index in [1.165, 1.54) is 0 Å². The highest BCUT2D eigenvalue weighted by Gasteiger charge is 2.16. The first-order valence-electron chi connectivity index (χ1n) is 6.58. The molecule has 0 fully saturated rings. The SMILES string of the molecule is CC(Cl)c1nc2c(C#N)cccc2n1CCn1ccnn1. The van der Waals surface area contributed by atoms with Crippen molar-refractivity contribution in [1.29, 1.82) is 5.26 Å². The van der Waals surface area contributed by atoms with E-state index >= 15 is 0 Å². The summed E-state index contributed by atoms with van der Waals surface area (Å²) in [6, 6.07) is 7.75. The van der Waals surface area contributed by atoms with E-state index in [1.54, 1.807) is 16.9 Å². The summed E-state index contributed by atoms with van der Waals surface area (Å²) in [6.07, 6.45) is 3.45. The number of aromatic nitrogens is 5. The largest absolute Gasteiger partial charge is 0.325 e. The first-order valence-corrected chi connectivity index (χ1v) is 7.01. The molecule has 0 amide bonds. The predicted molar refractivity (Wildman–Crippen MR) is 78.7 cm³/mol. The fraction of sp³-hybridized carbons (Fsp3) is 0.286. The minimum absolute atomic E-state index is 0.236. The van der Waals surface area contributed by atoms with Gasteiger partial charge in [-0.2, -0.15) is 5.26 Å². The van der Waals surface area contributed by atoms with Crippen LogP contribution >= 0.6 is 11.6 Å². The average Bonchev–Trinajstić information content (AvgIpc) is 3.11. The van der Waals surface area contributed by atoms with Crippen LogP contribution in [-0.2, 0) is 13.1 Å². The van der Waals surface area contributed by atoms with Crippen molar-refractivity contribution < 1.29 is 0 Å². The Labute approximate surface area is 126 Å². The number of hydrogen-bond acceptors (Lipinski definition) is 4. The molecule has 106 valence electrons. The number of alkyl halides is 1. The van der Waals surface area contributed by atoms with Crippen LogP contribution in [0.15, 0.2) is 30.6 Å². The molecule has 1 unspecified atom stereocenters. The molecule has 0 saturated carbocycles. The third-order valence-corrected chi connectivity index (χ3v) is 3.50. The Morgan fingerprint density at radius 1 is 1.38 bits per heavy atom. The second kappa shape index (κ2) is 5.54. The molecule has 3 rings (SSSR count). The number of halogens is 1. The van der Waals surface area contributed by atoms with Gasteiger partial charge in [0.05, 0.1) is 29.2 Å². The van der Waals surface area contributed by atoms with Crippen LogP contribution in [-0.4, -0.2) is 24.5 Å². The highest BCUT2D eigenvalue weighted by Crippen LogP contribution is 2.26. The lowest BCUT2D eigenvalue weighted by Crippen LogP contribution is -2.11. The highest BCUT2D eigenvalue weighted by atomic mass is 35.5. The van der Waals surface area contributed by atoms with Gasteiger partial charge in [0.15, 0.2) is 0 Å². The van der Waals surface area contributed by atoms with Gasteiger partial charge in [0, 0.05) is 12.7 Å². The molecule has 0 N–H and O–H groups in total. The van der Waals surface area contributed by atoms with Crippen molar-refractivity contribution >= 4 is 22.6 Å². The summed E-state index contributed by atoms with van der Waals surface area (Å²) in [6.45, 7) is 3.21. The molecule has 3 aromatic rings. The number of aryl methyl sites for hydroxylation is 2. The van der Waals surface area contributed by atoms with Gasteiger partial charge in [-0.1, -0.05) is 11.3 Å². The Morgan fingerprint density at radius 3 is 2.90 bits per heavy atom. The molecule has 2 heterocycles. The van der Waals surface area contributed by atoms with E-state index in [4.69, 9.17) is 11.6 Å². The van der Waals surface area contributed by atoms with E-state index in [0.29, 0.717) is 24.2 Å². The summed E-state index contributed by atoms with van der Waals surface area (Å²) < 4.78 is 3.79. The molecule has 0 aliphatic heterocycles. The van der Waals surface area contributed by atoms with Crippen LogP contribution < -0.4 is 0 Å². The zero-order valence-electron chi connectivity index (χ0n) is 11.4. The number of fused-ring (bicyclic) bond motifs is 1. The van der Waals surface area contributed by atoms with Crippen molar-refractivity contribution in [2.75, 3.05) is 0 Å². The van der Waals surface area contributed by atoms with Gasteiger partial charge < -0.3 is 4.57 Å².